The van der Waals surface area contributed by atoms with Crippen molar-refractivity contribution in [3.8, 4) is 0 Å². The maximum Gasteiger partial charge on any atom is 0.168 e. The summed E-state index contributed by atoms with van der Waals surface area (Å²) in [5.74, 6) is -0.0505. The molecule has 2 nitrogen and oxygen atoms in total. The van der Waals surface area contributed by atoms with Crippen LogP contribution in [0.4, 0.5) is 0 Å². The average molecular weight is 246 g/mol. The number of carbonyl (C=O) groups excluding carboxylic acids is 1. The minimum atomic E-state index is -1.14. The van der Waals surface area contributed by atoms with Crippen molar-refractivity contribution in [2.75, 3.05) is 0 Å². The van der Waals surface area contributed by atoms with Gasteiger partial charge in [-0.25, -0.2) is 0 Å². The van der Waals surface area contributed by atoms with E-state index in [9.17, 15) is 9.90 Å². The van der Waals surface area contributed by atoms with Crippen LogP contribution >= 0.6 is 0 Å². The van der Waals surface area contributed by atoms with E-state index in [1.807, 2.05) is 19.9 Å². The molecule has 2 rings (SSSR count). The molecule has 0 aromatic heterocycles. The number of fused-ring (bicyclic) bond motifs is 1. The van der Waals surface area contributed by atoms with Gasteiger partial charge in [0.2, 0.25) is 0 Å². The Hall–Kier alpha value is -1.15. The number of aliphatic hydroxyl groups is 1. The molecule has 98 valence electrons. The lowest BCUT2D eigenvalue weighted by Gasteiger charge is -2.23. The molecule has 0 atom stereocenters. The molecule has 0 unspecified atom stereocenters. The van der Waals surface area contributed by atoms with Gasteiger partial charge in [0.1, 0.15) is 5.60 Å². The van der Waals surface area contributed by atoms with Crippen LogP contribution < -0.4 is 0 Å². The molecular formula is C16H22O2. The van der Waals surface area contributed by atoms with Crippen LogP contribution in [0.1, 0.15) is 49.8 Å². The van der Waals surface area contributed by atoms with E-state index >= 15 is 0 Å². The van der Waals surface area contributed by atoms with Gasteiger partial charge in [0, 0.05) is 6.42 Å². The Labute approximate surface area is 109 Å². The molecule has 1 aliphatic carbocycles. The van der Waals surface area contributed by atoms with Crippen LogP contribution in [0, 0.1) is 0 Å². The molecule has 1 aliphatic rings. The summed E-state index contributed by atoms with van der Waals surface area (Å²) in [5.41, 5.74) is 2.71. The summed E-state index contributed by atoms with van der Waals surface area (Å²) in [6.45, 7) is 3.73. The van der Waals surface area contributed by atoms with Gasteiger partial charge in [-0.05, 0) is 48.8 Å². The van der Waals surface area contributed by atoms with Gasteiger partial charge in [0.25, 0.3) is 0 Å². The van der Waals surface area contributed by atoms with E-state index in [1.165, 1.54) is 17.5 Å². The number of benzene rings is 1. The molecule has 0 aliphatic heterocycles. The number of rotatable bonds is 5. The van der Waals surface area contributed by atoms with Gasteiger partial charge in [0.05, 0.1) is 0 Å². The van der Waals surface area contributed by atoms with Crippen molar-refractivity contribution in [1.82, 2.24) is 0 Å². The first-order chi connectivity index (χ1) is 8.59. The zero-order valence-corrected chi connectivity index (χ0v) is 11.3. The zero-order valence-electron chi connectivity index (χ0n) is 11.3. The SMILES string of the molecule is CCC(O)(CC)C(=O)Cc1ccc2c(c1)CCC2. The molecule has 0 radical (unpaired) electrons. The number of aryl methyl sites for hydroxylation is 2. The lowest BCUT2D eigenvalue weighted by Crippen LogP contribution is -2.38. The fourth-order valence-corrected chi connectivity index (χ4v) is 2.73. The molecule has 0 bridgehead atoms. The Morgan fingerprint density at radius 2 is 1.89 bits per heavy atom. The number of Topliss-reactive ketones (excluding diaryl/α,β-unsaturated/α-hetero) is 1. The molecule has 0 amide bonds. The van der Waals surface area contributed by atoms with Gasteiger partial charge < -0.3 is 5.11 Å². The van der Waals surface area contributed by atoms with E-state index in [0.717, 1.165) is 18.4 Å². The molecule has 0 saturated heterocycles. The summed E-state index contributed by atoms with van der Waals surface area (Å²) in [7, 11) is 0. The highest BCUT2D eigenvalue weighted by atomic mass is 16.3. The third-order valence-electron chi connectivity index (χ3n) is 4.22. The van der Waals surface area contributed by atoms with Crippen molar-refractivity contribution < 1.29 is 9.90 Å². The van der Waals surface area contributed by atoms with Crippen LogP contribution in [0.15, 0.2) is 18.2 Å². The first kappa shape index (κ1) is 13.3. The fourth-order valence-electron chi connectivity index (χ4n) is 2.73. The van der Waals surface area contributed by atoms with Gasteiger partial charge in [0.15, 0.2) is 5.78 Å². The first-order valence-corrected chi connectivity index (χ1v) is 6.95. The second-order valence-electron chi connectivity index (χ2n) is 5.30. The third kappa shape index (κ3) is 2.49. The van der Waals surface area contributed by atoms with E-state index in [4.69, 9.17) is 0 Å². The van der Waals surface area contributed by atoms with Crippen LogP contribution in [0.3, 0.4) is 0 Å². The second kappa shape index (κ2) is 5.23. The van der Waals surface area contributed by atoms with Crippen molar-refractivity contribution in [1.29, 1.82) is 0 Å². The minimum Gasteiger partial charge on any atom is -0.382 e. The highest BCUT2D eigenvalue weighted by molar-refractivity contribution is 5.88. The third-order valence-corrected chi connectivity index (χ3v) is 4.22. The van der Waals surface area contributed by atoms with Crippen molar-refractivity contribution in [2.45, 2.75) is 58.0 Å². The number of hydrogen-bond acceptors (Lipinski definition) is 2. The van der Waals surface area contributed by atoms with Crippen LogP contribution in [0.5, 0.6) is 0 Å². The highest BCUT2D eigenvalue weighted by Gasteiger charge is 2.31. The molecule has 0 spiro atoms. The zero-order chi connectivity index (χ0) is 13.2. The molecule has 1 N–H and O–H groups in total. The van der Waals surface area contributed by atoms with Crippen LogP contribution in [-0.4, -0.2) is 16.5 Å². The Morgan fingerprint density at radius 3 is 2.56 bits per heavy atom. The predicted molar refractivity (Wildman–Crippen MR) is 72.7 cm³/mol. The molecule has 0 heterocycles. The van der Waals surface area contributed by atoms with Gasteiger partial charge in [-0.1, -0.05) is 32.0 Å². The quantitative estimate of drug-likeness (QED) is 0.867. The van der Waals surface area contributed by atoms with Crippen molar-refractivity contribution in [2.24, 2.45) is 0 Å². The standard InChI is InChI=1S/C16H22O2/c1-3-16(18,4-2)15(17)11-12-8-9-13-6-5-7-14(13)10-12/h8-10,18H,3-7,11H2,1-2H3. The lowest BCUT2D eigenvalue weighted by atomic mass is 9.88. The summed E-state index contributed by atoms with van der Waals surface area (Å²) in [5, 5.41) is 10.2. The van der Waals surface area contributed by atoms with Crippen molar-refractivity contribution >= 4 is 5.78 Å². The normalized spacial score (nSPS) is 14.6. The maximum atomic E-state index is 12.1. The first-order valence-electron chi connectivity index (χ1n) is 6.95. The molecule has 1 aromatic carbocycles. The summed E-state index contributed by atoms with van der Waals surface area (Å²) >= 11 is 0. The predicted octanol–water partition coefficient (Wildman–Crippen LogP) is 2.84. The second-order valence-corrected chi connectivity index (χ2v) is 5.30. The highest BCUT2D eigenvalue weighted by Crippen LogP contribution is 2.24. The van der Waals surface area contributed by atoms with Gasteiger partial charge >= 0.3 is 0 Å². The number of carbonyl (C=O) groups is 1. The van der Waals surface area contributed by atoms with Crippen LogP contribution in [0.2, 0.25) is 0 Å². The molecule has 0 saturated carbocycles. The van der Waals surface area contributed by atoms with Crippen LogP contribution in [-0.2, 0) is 24.1 Å². The van der Waals surface area contributed by atoms with Crippen LogP contribution in [0.25, 0.3) is 0 Å². The number of ketones is 1. The molecule has 1 aromatic rings. The maximum absolute atomic E-state index is 12.1. The van der Waals surface area contributed by atoms with Crippen molar-refractivity contribution in [3.63, 3.8) is 0 Å². The van der Waals surface area contributed by atoms with E-state index in [-0.39, 0.29) is 5.78 Å². The Bertz CT molecular complexity index is 444. The van der Waals surface area contributed by atoms with E-state index < -0.39 is 5.60 Å². The van der Waals surface area contributed by atoms with Crippen molar-refractivity contribution in [3.05, 3.63) is 34.9 Å². The summed E-state index contributed by atoms with van der Waals surface area (Å²) in [4.78, 5) is 12.1. The average Bonchev–Trinajstić information content (AvgIpc) is 2.85. The summed E-state index contributed by atoms with van der Waals surface area (Å²) < 4.78 is 0. The molecule has 18 heavy (non-hydrogen) atoms. The molecular weight excluding hydrogens is 224 g/mol. The van der Waals surface area contributed by atoms with Gasteiger partial charge in [-0.15, -0.1) is 0 Å². The lowest BCUT2D eigenvalue weighted by molar-refractivity contribution is -0.137. The van der Waals surface area contributed by atoms with Gasteiger partial charge in [-0.2, -0.15) is 0 Å². The van der Waals surface area contributed by atoms with E-state index in [1.54, 1.807) is 0 Å². The Balaban J connectivity index is 2.12. The summed E-state index contributed by atoms with van der Waals surface area (Å²) in [6, 6.07) is 6.32. The Kier molecular flexibility index (Phi) is 3.86. The molecule has 2 heteroatoms. The monoisotopic (exact) mass is 246 g/mol. The summed E-state index contributed by atoms with van der Waals surface area (Å²) in [6.07, 6.45) is 4.85. The number of hydrogen-bond donors (Lipinski definition) is 1. The largest absolute Gasteiger partial charge is 0.382 e. The molecule has 0 fully saturated rings. The smallest absolute Gasteiger partial charge is 0.168 e. The van der Waals surface area contributed by atoms with E-state index in [0.29, 0.717) is 19.3 Å². The minimum absolute atomic E-state index is 0.0505. The van der Waals surface area contributed by atoms with Gasteiger partial charge in [-0.3, -0.25) is 4.79 Å². The van der Waals surface area contributed by atoms with E-state index in [2.05, 4.69) is 12.1 Å². The fraction of sp³-hybridized carbons (Fsp3) is 0.562. The topological polar surface area (TPSA) is 37.3 Å². The Morgan fingerprint density at radius 1 is 1.22 bits per heavy atom.